The maximum atomic E-state index is 12.7. The largest absolute Gasteiger partial charge is 0.384 e. The Morgan fingerprint density at radius 3 is 2.47 bits per heavy atom. The predicted octanol–water partition coefficient (Wildman–Crippen LogP) is 4.06. The van der Waals surface area contributed by atoms with Crippen LogP contribution in [0.15, 0.2) is 60.8 Å². The molecule has 1 saturated heterocycles. The van der Waals surface area contributed by atoms with Crippen LogP contribution in [0, 0.1) is 0 Å². The van der Waals surface area contributed by atoms with Gasteiger partial charge in [-0.15, -0.1) is 0 Å². The molecule has 4 rings (SSSR count). The highest BCUT2D eigenvalue weighted by Gasteiger charge is 2.45. The monoisotopic (exact) mass is 405 g/mol. The first-order valence-corrected chi connectivity index (χ1v) is 10.5. The highest BCUT2D eigenvalue weighted by molar-refractivity contribution is 5.84. The zero-order chi connectivity index (χ0) is 21.4. The molecule has 0 saturated carbocycles. The Kier molecular flexibility index (Phi) is 5.30. The van der Waals surface area contributed by atoms with Gasteiger partial charge < -0.3 is 5.11 Å². The molecule has 0 spiro atoms. The SMILES string of the molecule is C[C@@H]1CC[C@@H](n2ncc(C(C)(C)O)n2)C[N+]1(C=O)c1ccccc1-c1ccccc1. The molecular formula is C24H29N4O2+. The van der Waals surface area contributed by atoms with Crippen LogP contribution >= 0.6 is 0 Å². The molecule has 0 bridgehead atoms. The van der Waals surface area contributed by atoms with Crippen molar-refractivity contribution in [1.29, 1.82) is 0 Å². The smallest absolute Gasteiger partial charge is 0.306 e. The third kappa shape index (κ3) is 3.57. The molecule has 6 nitrogen and oxygen atoms in total. The number of piperidine rings is 1. The molecule has 1 fully saturated rings. The van der Waals surface area contributed by atoms with Crippen LogP contribution in [0.5, 0.6) is 0 Å². The number of benzene rings is 2. The molecule has 1 unspecified atom stereocenters. The molecule has 1 N–H and O–H groups in total. The highest BCUT2D eigenvalue weighted by atomic mass is 16.3. The van der Waals surface area contributed by atoms with E-state index in [0.717, 1.165) is 36.1 Å². The van der Waals surface area contributed by atoms with E-state index in [1.54, 1.807) is 24.8 Å². The maximum absolute atomic E-state index is 12.7. The van der Waals surface area contributed by atoms with Crippen molar-refractivity contribution < 1.29 is 9.90 Å². The fraction of sp³-hybridized carbons (Fsp3) is 0.375. The minimum Gasteiger partial charge on any atom is -0.384 e. The van der Waals surface area contributed by atoms with Crippen molar-refractivity contribution in [3.63, 3.8) is 0 Å². The Hall–Kier alpha value is -2.83. The number of para-hydroxylation sites is 1. The van der Waals surface area contributed by atoms with Gasteiger partial charge in [-0.25, -0.2) is 9.28 Å². The second kappa shape index (κ2) is 7.78. The van der Waals surface area contributed by atoms with E-state index in [1.165, 1.54) is 0 Å². The molecular weight excluding hydrogens is 376 g/mol. The number of carbonyl (C=O) groups is 1. The van der Waals surface area contributed by atoms with Gasteiger partial charge in [-0.05, 0) is 38.8 Å². The van der Waals surface area contributed by atoms with E-state index >= 15 is 0 Å². The van der Waals surface area contributed by atoms with Gasteiger partial charge in [0.1, 0.15) is 29.6 Å². The highest BCUT2D eigenvalue weighted by Crippen LogP contribution is 2.41. The third-order valence-electron chi connectivity index (χ3n) is 6.30. The minimum atomic E-state index is -1.04. The molecule has 0 aliphatic carbocycles. The Labute approximate surface area is 177 Å². The van der Waals surface area contributed by atoms with Crippen molar-refractivity contribution in [2.45, 2.75) is 51.3 Å². The van der Waals surface area contributed by atoms with E-state index in [9.17, 15) is 9.90 Å². The molecule has 1 aliphatic rings. The summed E-state index contributed by atoms with van der Waals surface area (Å²) in [7, 11) is 0. The lowest BCUT2D eigenvalue weighted by atomic mass is 9.93. The third-order valence-corrected chi connectivity index (χ3v) is 6.30. The average molecular weight is 406 g/mol. The maximum Gasteiger partial charge on any atom is 0.306 e. The molecule has 1 amide bonds. The zero-order valence-corrected chi connectivity index (χ0v) is 17.8. The molecule has 3 atom stereocenters. The number of aromatic nitrogens is 3. The van der Waals surface area contributed by atoms with E-state index in [0.29, 0.717) is 12.2 Å². The topological polar surface area (TPSA) is 68.0 Å². The summed E-state index contributed by atoms with van der Waals surface area (Å²) < 4.78 is 0.231. The molecule has 1 aromatic heterocycles. The van der Waals surface area contributed by atoms with Crippen molar-refractivity contribution in [3.8, 4) is 11.1 Å². The first-order chi connectivity index (χ1) is 14.3. The van der Waals surface area contributed by atoms with E-state index in [4.69, 9.17) is 0 Å². The summed E-state index contributed by atoms with van der Waals surface area (Å²) in [6.07, 6.45) is 4.47. The number of aliphatic hydroxyl groups is 1. The zero-order valence-electron chi connectivity index (χ0n) is 17.8. The number of likely N-dealkylation sites (tertiary alicyclic amines) is 1. The number of carbonyl (C=O) groups excluding carboxylic acids is 1. The fourth-order valence-corrected chi connectivity index (χ4v) is 4.44. The van der Waals surface area contributed by atoms with Gasteiger partial charge in [0, 0.05) is 18.1 Å². The Morgan fingerprint density at radius 2 is 1.80 bits per heavy atom. The van der Waals surface area contributed by atoms with Crippen LogP contribution < -0.4 is 4.48 Å². The molecule has 30 heavy (non-hydrogen) atoms. The van der Waals surface area contributed by atoms with Gasteiger partial charge in [0.15, 0.2) is 0 Å². The van der Waals surface area contributed by atoms with Crippen molar-refractivity contribution in [1.82, 2.24) is 19.5 Å². The van der Waals surface area contributed by atoms with Gasteiger partial charge in [-0.2, -0.15) is 15.0 Å². The average Bonchev–Trinajstić information content (AvgIpc) is 3.26. The summed E-state index contributed by atoms with van der Waals surface area (Å²) in [5.74, 6) is 0. The van der Waals surface area contributed by atoms with Crippen LogP contribution in [0.1, 0.15) is 45.3 Å². The normalized spacial score (nSPS) is 24.5. The number of hydrogen-bond acceptors (Lipinski definition) is 4. The lowest BCUT2D eigenvalue weighted by Gasteiger charge is -2.44. The van der Waals surface area contributed by atoms with Crippen LogP contribution in [0.2, 0.25) is 0 Å². The molecule has 2 heterocycles. The van der Waals surface area contributed by atoms with Crippen LogP contribution in [0.4, 0.5) is 5.69 Å². The second-order valence-corrected chi connectivity index (χ2v) is 8.79. The molecule has 3 aromatic rings. The van der Waals surface area contributed by atoms with Gasteiger partial charge >= 0.3 is 6.41 Å². The number of nitrogens with zero attached hydrogens (tertiary/aromatic N) is 4. The van der Waals surface area contributed by atoms with Crippen LogP contribution in [-0.2, 0) is 10.4 Å². The summed E-state index contributed by atoms with van der Waals surface area (Å²) in [5.41, 5.74) is 2.67. The van der Waals surface area contributed by atoms with Gasteiger partial charge in [-0.1, -0.05) is 42.5 Å². The van der Waals surface area contributed by atoms with Crippen molar-refractivity contribution >= 4 is 12.1 Å². The number of rotatable bonds is 5. The number of amides is 1. The predicted molar refractivity (Wildman–Crippen MR) is 118 cm³/mol. The van der Waals surface area contributed by atoms with E-state index in [-0.39, 0.29) is 16.6 Å². The second-order valence-electron chi connectivity index (χ2n) is 8.79. The van der Waals surface area contributed by atoms with Gasteiger partial charge in [0.25, 0.3) is 0 Å². The number of quaternary nitrogens is 1. The van der Waals surface area contributed by atoms with Crippen LogP contribution in [0.25, 0.3) is 11.1 Å². The quantitative estimate of drug-likeness (QED) is 0.513. The van der Waals surface area contributed by atoms with Crippen molar-refractivity contribution in [2.24, 2.45) is 0 Å². The summed E-state index contributed by atoms with van der Waals surface area (Å²) >= 11 is 0. The molecule has 156 valence electrons. The minimum absolute atomic E-state index is 0.0219. The lowest BCUT2D eigenvalue weighted by Crippen LogP contribution is -2.60. The number of hydrogen-bond donors (Lipinski definition) is 1. The van der Waals surface area contributed by atoms with Crippen molar-refractivity contribution in [2.75, 3.05) is 6.54 Å². The molecule has 6 heteroatoms. The molecule has 0 radical (unpaired) electrons. The molecule has 2 aromatic carbocycles. The van der Waals surface area contributed by atoms with E-state index in [2.05, 4.69) is 41.4 Å². The first kappa shape index (κ1) is 20.4. The Balaban J connectivity index is 1.76. The molecule has 1 aliphatic heterocycles. The van der Waals surface area contributed by atoms with Gasteiger partial charge in [-0.3, -0.25) is 0 Å². The fourth-order valence-electron chi connectivity index (χ4n) is 4.44. The van der Waals surface area contributed by atoms with Crippen molar-refractivity contribution in [3.05, 3.63) is 66.5 Å². The van der Waals surface area contributed by atoms with Crippen LogP contribution in [-0.4, -0.2) is 39.1 Å². The first-order valence-electron chi connectivity index (χ1n) is 10.5. The Bertz CT molecular complexity index is 1020. The van der Waals surface area contributed by atoms with E-state index < -0.39 is 5.60 Å². The standard InChI is InChI=1S/C24H29N4O2/c1-18-13-14-20(27-25-15-23(26-27)24(2,3)30)16-28(18,17-29)22-12-8-7-11-21(22)19-9-5-4-6-10-19/h4-12,15,17-18,20,30H,13-14,16H2,1-3H3/q+1/t18-,20-,28?/m1/s1. The van der Waals surface area contributed by atoms with Crippen LogP contribution in [0.3, 0.4) is 0 Å². The summed E-state index contributed by atoms with van der Waals surface area (Å²) in [4.78, 5) is 14.4. The van der Waals surface area contributed by atoms with Gasteiger partial charge in [0.2, 0.25) is 0 Å². The Morgan fingerprint density at radius 1 is 1.10 bits per heavy atom. The lowest BCUT2D eigenvalue weighted by molar-refractivity contribution is -0.121. The summed E-state index contributed by atoms with van der Waals surface area (Å²) in [5, 5.41) is 19.2. The summed E-state index contributed by atoms with van der Waals surface area (Å²) in [6, 6.07) is 18.5. The summed E-state index contributed by atoms with van der Waals surface area (Å²) in [6.45, 7) is 6.12. The van der Waals surface area contributed by atoms with E-state index in [1.807, 2.05) is 30.3 Å². The van der Waals surface area contributed by atoms with Gasteiger partial charge in [0.05, 0.1) is 12.2 Å².